The van der Waals surface area contributed by atoms with Crippen molar-refractivity contribution in [1.82, 2.24) is 15.4 Å². The van der Waals surface area contributed by atoms with Gasteiger partial charge in [-0.3, -0.25) is 4.99 Å². The Balaban J connectivity index is 0.00000364. The van der Waals surface area contributed by atoms with Crippen LogP contribution in [0, 0.1) is 0 Å². The molecule has 0 aliphatic carbocycles. The number of guanidine groups is 1. The van der Waals surface area contributed by atoms with Gasteiger partial charge in [0.1, 0.15) is 0 Å². The summed E-state index contributed by atoms with van der Waals surface area (Å²) in [4.78, 5) is 5.85. The fraction of sp³-hybridized carbons (Fsp3) is 0.353. The molecule has 0 aliphatic heterocycles. The fourth-order valence-electron chi connectivity index (χ4n) is 2.17. The Hall–Kier alpha value is -0.880. The van der Waals surface area contributed by atoms with Crippen LogP contribution < -0.4 is 15.4 Å². The highest BCUT2D eigenvalue weighted by atomic mass is 127. The fourth-order valence-corrected chi connectivity index (χ4v) is 4.20. The SMILES string of the molecule is CCNC(=NCCNS(=O)(=O)c1cccc(Cl)c1)NCCc1cccs1.I. The Labute approximate surface area is 186 Å². The highest BCUT2D eigenvalue weighted by molar-refractivity contribution is 14.0. The van der Waals surface area contributed by atoms with E-state index >= 15 is 0 Å². The van der Waals surface area contributed by atoms with Gasteiger partial charge in [0.05, 0.1) is 11.4 Å². The van der Waals surface area contributed by atoms with E-state index < -0.39 is 10.0 Å². The van der Waals surface area contributed by atoms with Gasteiger partial charge >= 0.3 is 0 Å². The largest absolute Gasteiger partial charge is 0.357 e. The summed E-state index contributed by atoms with van der Waals surface area (Å²) in [6, 6.07) is 10.3. The predicted octanol–water partition coefficient (Wildman–Crippen LogP) is 3.10. The van der Waals surface area contributed by atoms with Crippen LogP contribution in [0.1, 0.15) is 11.8 Å². The van der Waals surface area contributed by atoms with Gasteiger partial charge in [-0.05, 0) is 43.0 Å². The van der Waals surface area contributed by atoms with E-state index in [4.69, 9.17) is 11.6 Å². The average Bonchev–Trinajstić information content (AvgIpc) is 3.12. The van der Waals surface area contributed by atoms with Gasteiger partial charge in [0, 0.05) is 29.5 Å². The zero-order valence-electron chi connectivity index (χ0n) is 14.9. The van der Waals surface area contributed by atoms with Crippen molar-refractivity contribution in [3.05, 3.63) is 51.7 Å². The molecule has 0 atom stereocenters. The van der Waals surface area contributed by atoms with Gasteiger partial charge in [-0.2, -0.15) is 0 Å². The minimum atomic E-state index is -3.58. The molecule has 2 aromatic rings. The van der Waals surface area contributed by atoms with E-state index in [1.54, 1.807) is 23.5 Å². The summed E-state index contributed by atoms with van der Waals surface area (Å²) in [7, 11) is -3.58. The summed E-state index contributed by atoms with van der Waals surface area (Å²) in [6.45, 7) is 4.02. The van der Waals surface area contributed by atoms with Crippen molar-refractivity contribution in [3.8, 4) is 0 Å². The lowest BCUT2D eigenvalue weighted by molar-refractivity contribution is 0.582. The Morgan fingerprint density at radius 2 is 2.00 bits per heavy atom. The van der Waals surface area contributed by atoms with Crippen molar-refractivity contribution < 1.29 is 8.42 Å². The number of thiophene rings is 1. The number of benzene rings is 1. The molecule has 1 aromatic heterocycles. The van der Waals surface area contributed by atoms with E-state index in [1.165, 1.54) is 17.0 Å². The van der Waals surface area contributed by atoms with Gasteiger partial charge in [0.15, 0.2) is 5.96 Å². The average molecular weight is 543 g/mol. The minimum absolute atomic E-state index is 0. The summed E-state index contributed by atoms with van der Waals surface area (Å²) >= 11 is 7.57. The third-order valence-corrected chi connectivity index (χ3v) is 6.00. The molecule has 0 saturated carbocycles. The molecule has 0 radical (unpaired) electrons. The lowest BCUT2D eigenvalue weighted by atomic mass is 10.3. The molecule has 0 unspecified atom stereocenters. The number of nitrogens with zero attached hydrogens (tertiary/aromatic N) is 1. The van der Waals surface area contributed by atoms with E-state index in [-0.39, 0.29) is 35.4 Å². The summed E-state index contributed by atoms with van der Waals surface area (Å²) in [6.07, 6.45) is 0.920. The van der Waals surface area contributed by atoms with Crippen LogP contribution in [0.2, 0.25) is 5.02 Å². The molecule has 0 spiro atoms. The molecule has 1 heterocycles. The van der Waals surface area contributed by atoms with Crippen molar-refractivity contribution in [2.24, 2.45) is 4.99 Å². The second-order valence-corrected chi connectivity index (χ2v) is 8.61. The first kappa shape index (κ1) is 24.2. The number of halogens is 2. The first-order chi connectivity index (χ1) is 12.5. The first-order valence-corrected chi connectivity index (χ1v) is 11.0. The number of aliphatic imine (C=N–C) groups is 1. The van der Waals surface area contributed by atoms with Crippen LogP contribution in [-0.4, -0.2) is 40.6 Å². The molecule has 1 aromatic carbocycles. The maximum atomic E-state index is 12.2. The lowest BCUT2D eigenvalue weighted by Gasteiger charge is -2.11. The van der Waals surface area contributed by atoms with Crippen LogP contribution >= 0.6 is 46.9 Å². The number of nitrogens with one attached hydrogen (secondary N) is 3. The minimum Gasteiger partial charge on any atom is -0.357 e. The quantitative estimate of drug-likeness (QED) is 0.197. The van der Waals surface area contributed by atoms with Crippen LogP contribution in [0.15, 0.2) is 51.7 Å². The molecule has 0 bridgehead atoms. The normalized spacial score (nSPS) is 11.7. The van der Waals surface area contributed by atoms with Crippen LogP contribution in [0.25, 0.3) is 0 Å². The number of hydrogen-bond acceptors (Lipinski definition) is 4. The predicted molar refractivity (Wildman–Crippen MR) is 124 cm³/mol. The maximum absolute atomic E-state index is 12.2. The highest BCUT2D eigenvalue weighted by Crippen LogP contribution is 2.14. The van der Waals surface area contributed by atoms with E-state index in [0.29, 0.717) is 17.5 Å². The number of sulfonamides is 1. The Bertz CT molecular complexity index is 814. The molecule has 27 heavy (non-hydrogen) atoms. The number of rotatable bonds is 9. The summed E-state index contributed by atoms with van der Waals surface area (Å²) in [5.41, 5.74) is 0. The molecule has 6 nitrogen and oxygen atoms in total. The Morgan fingerprint density at radius 3 is 2.67 bits per heavy atom. The molecule has 10 heteroatoms. The van der Waals surface area contributed by atoms with E-state index in [0.717, 1.165) is 19.5 Å². The van der Waals surface area contributed by atoms with Crippen LogP contribution in [0.5, 0.6) is 0 Å². The van der Waals surface area contributed by atoms with Gasteiger partial charge in [0.25, 0.3) is 0 Å². The zero-order valence-corrected chi connectivity index (χ0v) is 19.7. The molecule has 3 N–H and O–H groups in total. The van der Waals surface area contributed by atoms with Crippen molar-refractivity contribution in [2.75, 3.05) is 26.2 Å². The lowest BCUT2D eigenvalue weighted by Crippen LogP contribution is -2.39. The van der Waals surface area contributed by atoms with E-state index in [9.17, 15) is 8.42 Å². The zero-order chi connectivity index (χ0) is 18.8. The molecule has 150 valence electrons. The van der Waals surface area contributed by atoms with Gasteiger partial charge in [-0.1, -0.05) is 23.7 Å². The first-order valence-electron chi connectivity index (χ1n) is 8.31. The molecule has 2 rings (SSSR count). The molecule has 0 fully saturated rings. The van der Waals surface area contributed by atoms with E-state index in [1.807, 2.05) is 13.0 Å². The van der Waals surface area contributed by atoms with Gasteiger partial charge in [-0.15, -0.1) is 35.3 Å². The highest BCUT2D eigenvalue weighted by Gasteiger charge is 2.13. The van der Waals surface area contributed by atoms with Crippen LogP contribution in [-0.2, 0) is 16.4 Å². The Kier molecular flexibility index (Phi) is 11.2. The standard InChI is InChI=1S/C17H23ClN4O2S2.HI/c1-2-19-17(20-9-8-15-6-4-12-25-15)21-10-11-22-26(23,24)16-7-3-5-14(18)13-16;/h3-7,12-13,22H,2,8-11H2,1H3,(H2,19,20,21);1H. The summed E-state index contributed by atoms with van der Waals surface area (Å²) in [5, 5.41) is 8.83. The molecular formula is C17H24ClIN4O2S2. The van der Waals surface area contributed by atoms with Crippen molar-refractivity contribution >= 4 is 62.9 Å². The topological polar surface area (TPSA) is 82.6 Å². The van der Waals surface area contributed by atoms with Gasteiger partial charge in [0.2, 0.25) is 10.0 Å². The molecule has 0 amide bonds. The van der Waals surface area contributed by atoms with E-state index in [2.05, 4.69) is 31.8 Å². The van der Waals surface area contributed by atoms with Gasteiger partial charge in [-0.25, -0.2) is 13.1 Å². The molecule has 0 saturated heterocycles. The molecule has 0 aliphatic rings. The number of hydrogen-bond donors (Lipinski definition) is 3. The second-order valence-electron chi connectivity index (χ2n) is 5.37. The van der Waals surface area contributed by atoms with Crippen molar-refractivity contribution in [1.29, 1.82) is 0 Å². The second kappa shape index (κ2) is 12.6. The smallest absolute Gasteiger partial charge is 0.240 e. The van der Waals surface area contributed by atoms with Crippen molar-refractivity contribution in [3.63, 3.8) is 0 Å². The van der Waals surface area contributed by atoms with Crippen LogP contribution in [0.4, 0.5) is 0 Å². The third kappa shape index (κ3) is 8.77. The summed E-state index contributed by atoms with van der Waals surface area (Å²) in [5.74, 6) is 0.672. The third-order valence-electron chi connectivity index (χ3n) is 3.37. The monoisotopic (exact) mass is 542 g/mol. The maximum Gasteiger partial charge on any atom is 0.240 e. The van der Waals surface area contributed by atoms with Crippen LogP contribution in [0.3, 0.4) is 0 Å². The van der Waals surface area contributed by atoms with Crippen molar-refractivity contribution in [2.45, 2.75) is 18.2 Å². The Morgan fingerprint density at radius 1 is 1.19 bits per heavy atom. The molecular weight excluding hydrogens is 519 g/mol. The van der Waals surface area contributed by atoms with Gasteiger partial charge < -0.3 is 10.6 Å². The summed E-state index contributed by atoms with van der Waals surface area (Å²) < 4.78 is 27.0.